The van der Waals surface area contributed by atoms with Crippen molar-refractivity contribution in [2.24, 2.45) is 5.92 Å². The Kier molecular flexibility index (Phi) is 6.15. The maximum atomic E-state index is 13.2. The lowest BCUT2D eigenvalue weighted by molar-refractivity contribution is -0.121. The van der Waals surface area contributed by atoms with E-state index in [0.29, 0.717) is 38.2 Å². The van der Waals surface area contributed by atoms with Crippen molar-refractivity contribution in [2.75, 3.05) is 18.4 Å². The van der Waals surface area contributed by atoms with Crippen molar-refractivity contribution in [3.8, 4) is 0 Å². The molecule has 1 fully saturated rings. The molecule has 1 saturated heterocycles. The zero-order chi connectivity index (χ0) is 23.7. The number of aromatic nitrogens is 2. The van der Waals surface area contributed by atoms with Crippen LogP contribution in [0.15, 0.2) is 54.9 Å². The summed E-state index contributed by atoms with van der Waals surface area (Å²) in [4.78, 5) is 32.0. The molecule has 8 heteroatoms. The quantitative estimate of drug-likeness (QED) is 0.634. The van der Waals surface area contributed by atoms with Gasteiger partial charge in [0.1, 0.15) is 11.9 Å². The molecule has 3 heterocycles. The van der Waals surface area contributed by atoms with Crippen molar-refractivity contribution in [3.05, 3.63) is 83.2 Å². The number of imidazole rings is 1. The monoisotopic (exact) mass is 462 g/mol. The fourth-order valence-electron chi connectivity index (χ4n) is 4.56. The number of benzene rings is 2. The first-order valence-corrected chi connectivity index (χ1v) is 11.6. The van der Waals surface area contributed by atoms with E-state index in [0.717, 1.165) is 22.5 Å². The minimum Gasteiger partial charge on any atom is -0.365 e. The molecule has 0 radical (unpaired) electrons. The van der Waals surface area contributed by atoms with Crippen LogP contribution in [0.3, 0.4) is 0 Å². The second-order valence-electron chi connectivity index (χ2n) is 8.97. The number of nitrogens with zero attached hydrogens (tertiary/aromatic N) is 3. The Labute approximate surface area is 197 Å². The molecule has 0 unspecified atom stereocenters. The number of rotatable bonds is 4. The molecule has 1 atom stereocenters. The van der Waals surface area contributed by atoms with Crippen molar-refractivity contribution in [3.63, 3.8) is 0 Å². The van der Waals surface area contributed by atoms with Gasteiger partial charge in [0.2, 0.25) is 5.91 Å². The van der Waals surface area contributed by atoms with E-state index in [9.17, 15) is 14.0 Å². The number of likely N-dealkylation sites (tertiary alicyclic amines) is 1. The zero-order valence-corrected chi connectivity index (χ0v) is 19.0. The first kappa shape index (κ1) is 22.3. The highest BCUT2D eigenvalue weighted by atomic mass is 19.1. The molecule has 2 amide bonds. The van der Waals surface area contributed by atoms with Gasteiger partial charge in [-0.05, 0) is 49.6 Å². The smallest absolute Gasteiger partial charge is 0.274 e. The number of piperidine rings is 1. The largest absolute Gasteiger partial charge is 0.365 e. The predicted molar refractivity (Wildman–Crippen MR) is 125 cm³/mol. The van der Waals surface area contributed by atoms with Crippen LogP contribution in [0, 0.1) is 18.7 Å². The summed E-state index contributed by atoms with van der Waals surface area (Å²) in [7, 11) is 0. The number of halogens is 1. The minimum absolute atomic E-state index is 0.00411. The van der Waals surface area contributed by atoms with Crippen LogP contribution in [0.1, 0.15) is 46.3 Å². The Morgan fingerprint density at radius 1 is 1.06 bits per heavy atom. The normalized spacial score (nSPS) is 18.4. The van der Waals surface area contributed by atoms with Gasteiger partial charge in [0.15, 0.2) is 5.69 Å². The first-order valence-electron chi connectivity index (χ1n) is 11.6. The average Bonchev–Trinajstić information content (AvgIpc) is 3.29. The lowest BCUT2D eigenvalue weighted by atomic mass is 9.95. The number of nitrogens with one attached hydrogen (secondary N) is 1. The SMILES string of the molecule is Cc1ccc(NC(=O)C2CCN(C(=O)c3ncn4c3CO[C@@H](c3ccc(F)cc3)C4)CC2)cc1. The third kappa shape index (κ3) is 4.59. The highest BCUT2D eigenvalue weighted by Gasteiger charge is 2.32. The van der Waals surface area contributed by atoms with E-state index in [1.165, 1.54) is 12.1 Å². The molecule has 0 bridgehead atoms. The maximum absolute atomic E-state index is 13.2. The summed E-state index contributed by atoms with van der Waals surface area (Å²) in [6, 6.07) is 14.0. The number of fused-ring (bicyclic) bond motifs is 1. The van der Waals surface area contributed by atoms with Gasteiger partial charge in [0.25, 0.3) is 5.91 Å². The summed E-state index contributed by atoms with van der Waals surface area (Å²) in [5.41, 5.74) is 3.97. The van der Waals surface area contributed by atoms with Gasteiger partial charge in [-0.2, -0.15) is 0 Å². The molecule has 5 rings (SSSR count). The third-order valence-corrected chi connectivity index (χ3v) is 6.65. The van der Waals surface area contributed by atoms with Crippen LogP contribution < -0.4 is 5.32 Å². The Morgan fingerprint density at radius 2 is 1.76 bits per heavy atom. The number of aryl methyl sites for hydroxylation is 1. The predicted octanol–water partition coefficient (Wildman–Crippen LogP) is 4.09. The summed E-state index contributed by atoms with van der Waals surface area (Å²) in [5.74, 6) is -0.543. The molecule has 1 N–H and O–H groups in total. The molecule has 34 heavy (non-hydrogen) atoms. The zero-order valence-electron chi connectivity index (χ0n) is 19.0. The fourth-order valence-corrected chi connectivity index (χ4v) is 4.56. The molecule has 2 aliphatic rings. The van der Waals surface area contributed by atoms with Crippen LogP contribution in [0.4, 0.5) is 10.1 Å². The Morgan fingerprint density at radius 3 is 2.47 bits per heavy atom. The van der Waals surface area contributed by atoms with Crippen LogP contribution in [0.5, 0.6) is 0 Å². The van der Waals surface area contributed by atoms with Crippen LogP contribution in [-0.2, 0) is 22.7 Å². The van der Waals surface area contributed by atoms with Crippen LogP contribution in [0.2, 0.25) is 0 Å². The van der Waals surface area contributed by atoms with E-state index in [1.54, 1.807) is 23.4 Å². The summed E-state index contributed by atoms with van der Waals surface area (Å²) in [5, 5.41) is 2.98. The van der Waals surface area contributed by atoms with Gasteiger partial charge >= 0.3 is 0 Å². The van der Waals surface area contributed by atoms with Crippen molar-refractivity contribution in [1.29, 1.82) is 0 Å². The summed E-state index contributed by atoms with van der Waals surface area (Å²) < 4.78 is 21.1. The van der Waals surface area contributed by atoms with Crippen molar-refractivity contribution >= 4 is 17.5 Å². The lowest BCUT2D eigenvalue weighted by Gasteiger charge is -2.31. The van der Waals surface area contributed by atoms with Crippen LogP contribution in [-0.4, -0.2) is 39.4 Å². The number of amides is 2. The van der Waals surface area contributed by atoms with Gasteiger partial charge in [0.05, 0.1) is 25.2 Å². The summed E-state index contributed by atoms with van der Waals surface area (Å²) in [6.07, 6.45) is 2.68. The second-order valence-corrected chi connectivity index (χ2v) is 8.97. The second kappa shape index (κ2) is 9.38. The van der Waals surface area contributed by atoms with Gasteiger partial charge in [-0.25, -0.2) is 9.37 Å². The van der Waals surface area contributed by atoms with E-state index in [4.69, 9.17) is 4.74 Å². The van der Waals surface area contributed by atoms with E-state index in [1.807, 2.05) is 35.8 Å². The highest BCUT2D eigenvalue weighted by molar-refractivity contribution is 5.95. The lowest BCUT2D eigenvalue weighted by Crippen LogP contribution is -2.42. The molecule has 7 nitrogen and oxygen atoms in total. The Balaban J connectivity index is 1.18. The molecule has 3 aromatic rings. The highest BCUT2D eigenvalue weighted by Crippen LogP contribution is 2.29. The van der Waals surface area contributed by atoms with Crippen LogP contribution >= 0.6 is 0 Å². The molecule has 0 saturated carbocycles. The van der Waals surface area contributed by atoms with Gasteiger partial charge in [-0.3, -0.25) is 9.59 Å². The van der Waals surface area contributed by atoms with E-state index in [2.05, 4.69) is 10.3 Å². The maximum Gasteiger partial charge on any atom is 0.274 e. The van der Waals surface area contributed by atoms with Crippen molar-refractivity contribution < 1.29 is 18.7 Å². The molecule has 1 aromatic heterocycles. The van der Waals surface area contributed by atoms with E-state index >= 15 is 0 Å². The topological polar surface area (TPSA) is 76.5 Å². The average molecular weight is 463 g/mol. The van der Waals surface area contributed by atoms with Gasteiger partial charge < -0.3 is 19.5 Å². The van der Waals surface area contributed by atoms with Crippen LogP contribution in [0.25, 0.3) is 0 Å². The van der Waals surface area contributed by atoms with Gasteiger partial charge in [-0.1, -0.05) is 29.8 Å². The molecule has 0 aliphatic carbocycles. The van der Waals surface area contributed by atoms with Crippen molar-refractivity contribution in [1.82, 2.24) is 14.5 Å². The molecule has 176 valence electrons. The summed E-state index contributed by atoms with van der Waals surface area (Å²) >= 11 is 0. The number of hydrogen-bond acceptors (Lipinski definition) is 4. The Hall–Kier alpha value is -3.52. The molecule has 2 aliphatic heterocycles. The van der Waals surface area contributed by atoms with E-state index in [-0.39, 0.29) is 36.3 Å². The minimum atomic E-state index is -0.285. The molecular weight excluding hydrogens is 435 g/mol. The number of anilines is 1. The number of ether oxygens (including phenoxy) is 1. The first-order chi connectivity index (χ1) is 16.5. The standard InChI is InChI=1S/C26H27FN4O3/c1-17-2-8-21(9-3-17)29-25(32)19-10-12-30(13-11-19)26(33)24-22-15-34-23(14-31(22)16-28-24)18-4-6-20(27)7-5-18/h2-9,16,19,23H,10-15H2,1H3,(H,29,32)/t23-/m1/s1. The molecular formula is C26H27FN4O3. The number of carbonyl (C=O) groups excluding carboxylic acids is 2. The molecule has 2 aromatic carbocycles. The van der Waals surface area contributed by atoms with Gasteiger partial charge in [0, 0.05) is 24.7 Å². The summed E-state index contributed by atoms with van der Waals surface area (Å²) in [6.45, 7) is 3.80. The van der Waals surface area contributed by atoms with E-state index < -0.39 is 0 Å². The fraction of sp³-hybridized carbons (Fsp3) is 0.346. The van der Waals surface area contributed by atoms with Crippen molar-refractivity contribution in [2.45, 2.75) is 39.0 Å². The third-order valence-electron chi connectivity index (χ3n) is 6.65. The molecule has 0 spiro atoms. The Bertz CT molecular complexity index is 1180. The number of carbonyl (C=O) groups is 2. The van der Waals surface area contributed by atoms with Gasteiger partial charge in [-0.15, -0.1) is 0 Å². The number of hydrogen-bond donors (Lipinski definition) is 1.